The van der Waals surface area contributed by atoms with Gasteiger partial charge in [0.05, 0.1) is 17.9 Å². The number of rotatable bonds is 2. The van der Waals surface area contributed by atoms with Gasteiger partial charge in [0.25, 0.3) is 0 Å². The molecule has 1 saturated carbocycles. The van der Waals surface area contributed by atoms with E-state index in [0.29, 0.717) is 11.9 Å². The van der Waals surface area contributed by atoms with Crippen LogP contribution < -0.4 is 0 Å². The molecule has 0 spiro atoms. The summed E-state index contributed by atoms with van der Waals surface area (Å²) in [5, 5.41) is 0. The normalized spacial score (nSPS) is 31.8. The molecule has 84 valence electrons. The summed E-state index contributed by atoms with van der Waals surface area (Å²) in [5.74, 6) is 2.11. The minimum absolute atomic E-state index is 0.567. The maximum atomic E-state index is 5.92. The summed E-state index contributed by atoms with van der Waals surface area (Å²) < 4.78 is 2.29. The molecule has 0 radical (unpaired) electrons. The van der Waals surface area contributed by atoms with E-state index in [0.717, 1.165) is 17.5 Å². The van der Waals surface area contributed by atoms with Crippen LogP contribution in [0, 0.1) is 11.8 Å². The van der Waals surface area contributed by atoms with E-state index < -0.39 is 0 Å². The van der Waals surface area contributed by atoms with Crippen LogP contribution in [0.3, 0.4) is 0 Å². The first kappa shape index (κ1) is 11.0. The summed E-state index contributed by atoms with van der Waals surface area (Å²) in [6, 6.07) is 0.602. The molecule has 0 N–H and O–H groups in total. The van der Waals surface area contributed by atoms with Gasteiger partial charge in [-0.25, -0.2) is 4.98 Å². The maximum Gasteiger partial charge on any atom is 0.0951 e. The van der Waals surface area contributed by atoms with Crippen molar-refractivity contribution in [3.8, 4) is 0 Å². The zero-order valence-corrected chi connectivity index (χ0v) is 10.2. The van der Waals surface area contributed by atoms with Crippen molar-refractivity contribution >= 4 is 11.6 Å². The van der Waals surface area contributed by atoms with E-state index in [1.54, 1.807) is 0 Å². The number of alkyl halides is 1. The average molecular weight is 227 g/mol. The fourth-order valence-corrected chi connectivity index (χ4v) is 2.89. The van der Waals surface area contributed by atoms with E-state index in [4.69, 9.17) is 11.6 Å². The van der Waals surface area contributed by atoms with Gasteiger partial charge < -0.3 is 4.57 Å². The van der Waals surface area contributed by atoms with E-state index in [2.05, 4.69) is 23.4 Å². The molecule has 1 fully saturated rings. The van der Waals surface area contributed by atoms with Gasteiger partial charge in [-0.1, -0.05) is 26.7 Å². The molecular formula is C12H19ClN2. The third-order valence-corrected chi connectivity index (χ3v) is 4.18. The van der Waals surface area contributed by atoms with Gasteiger partial charge in [0.2, 0.25) is 0 Å². The fraction of sp³-hybridized carbons (Fsp3) is 0.750. The highest BCUT2D eigenvalue weighted by Crippen LogP contribution is 2.38. The van der Waals surface area contributed by atoms with Crippen LogP contribution in [0.1, 0.15) is 44.8 Å². The van der Waals surface area contributed by atoms with Gasteiger partial charge in [-0.3, -0.25) is 0 Å². The van der Waals surface area contributed by atoms with Crippen LogP contribution in [0.5, 0.6) is 0 Å². The van der Waals surface area contributed by atoms with Crippen LogP contribution in [-0.4, -0.2) is 9.55 Å². The second-order valence-electron chi connectivity index (χ2n) is 4.76. The monoisotopic (exact) mass is 226 g/mol. The molecule has 1 aliphatic carbocycles. The molecule has 3 heteroatoms. The molecule has 0 aliphatic heterocycles. The van der Waals surface area contributed by atoms with Gasteiger partial charge in [0.1, 0.15) is 0 Å². The molecule has 3 unspecified atom stereocenters. The van der Waals surface area contributed by atoms with Crippen molar-refractivity contribution in [3.05, 3.63) is 18.2 Å². The van der Waals surface area contributed by atoms with Crippen molar-refractivity contribution in [1.29, 1.82) is 0 Å². The highest BCUT2D eigenvalue weighted by Gasteiger charge is 2.28. The van der Waals surface area contributed by atoms with Gasteiger partial charge in [0, 0.05) is 12.2 Å². The summed E-state index contributed by atoms with van der Waals surface area (Å²) in [4.78, 5) is 4.21. The lowest BCUT2D eigenvalue weighted by Gasteiger charge is -2.35. The van der Waals surface area contributed by atoms with E-state index in [1.165, 1.54) is 19.3 Å². The van der Waals surface area contributed by atoms with Crippen LogP contribution in [0.2, 0.25) is 0 Å². The predicted molar refractivity (Wildman–Crippen MR) is 63.0 cm³/mol. The Balaban J connectivity index is 2.22. The lowest BCUT2D eigenvalue weighted by atomic mass is 9.78. The van der Waals surface area contributed by atoms with Crippen LogP contribution in [0.15, 0.2) is 12.5 Å². The molecular weight excluding hydrogens is 208 g/mol. The van der Waals surface area contributed by atoms with Crippen LogP contribution in [0.25, 0.3) is 0 Å². The third-order valence-electron chi connectivity index (χ3n) is 3.90. The van der Waals surface area contributed by atoms with Crippen molar-refractivity contribution in [2.45, 2.75) is 45.0 Å². The Hall–Kier alpha value is -0.500. The predicted octanol–water partition coefficient (Wildman–Crippen LogP) is 3.62. The molecule has 0 amide bonds. The zero-order chi connectivity index (χ0) is 10.8. The molecule has 0 bridgehead atoms. The lowest BCUT2D eigenvalue weighted by Crippen LogP contribution is -2.27. The van der Waals surface area contributed by atoms with E-state index >= 15 is 0 Å². The van der Waals surface area contributed by atoms with Gasteiger partial charge in [-0.15, -0.1) is 11.6 Å². The summed E-state index contributed by atoms with van der Waals surface area (Å²) in [7, 11) is 0. The minimum atomic E-state index is 0.567. The SMILES string of the molecule is CC1CCCC(n2cncc2CCl)C1C. The molecule has 1 aromatic rings. The quantitative estimate of drug-likeness (QED) is 0.705. The largest absolute Gasteiger partial charge is 0.330 e. The molecule has 0 saturated heterocycles. The second-order valence-corrected chi connectivity index (χ2v) is 5.03. The average Bonchev–Trinajstić information content (AvgIpc) is 2.70. The van der Waals surface area contributed by atoms with Gasteiger partial charge in [0.15, 0.2) is 0 Å². The standard InChI is InChI=1S/C12H19ClN2/c1-9-4-3-5-12(10(9)2)15-8-14-7-11(15)6-13/h7-10,12H,3-6H2,1-2H3. The Morgan fingerprint density at radius 1 is 1.47 bits per heavy atom. The molecule has 3 atom stereocenters. The Bertz CT molecular complexity index is 321. The third kappa shape index (κ3) is 2.05. The van der Waals surface area contributed by atoms with Crippen LogP contribution >= 0.6 is 11.6 Å². The van der Waals surface area contributed by atoms with Crippen molar-refractivity contribution in [2.24, 2.45) is 11.8 Å². The Labute approximate surface area is 96.7 Å². The Kier molecular flexibility index (Phi) is 3.35. The van der Waals surface area contributed by atoms with Gasteiger partial charge in [-0.05, 0) is 18.3 Å². The topological polar surface area (TPSA) is 17.8 Å². The summed E-state index contributed by atoms with van der Waals surface area (Å²) >= 11 is 5.92. The molecule has 1 heterocycles. The van der Waals surface area contributed by atoms with E-state index in [9.17, 15) is 0 Å². The first-order valence-electron chi connectivity index (χ1n) is 5.80. The van der Waals surface area contributed by atoms with Gasteiger partial charge >= 0.3 is 0 Å². The molecule has 2 nitrogen and oxygen atoms in total. The van der Waals surface area contributed by atoms with Crippen molar-refractivity contribution in [1.82, 2.24) is 9.55 Å². The lowest BCUT2D eigenvalue weighted by molar-refractivity contribution is 0.184. The van der Waals surface area contributed by atoms with Crippen LogP contribution in [-0.2, 0) is 5.88 Å². The smallest absolute Gasteiger partial charge is 0.0951 e. The van der Waals surface area contributed by atoms with Crippen molar-refractivity contribution in [3.63, 3.8) is 0 Å². The first-order chi connectivity index (χ1) is 7.24. The Morgan fingerprint density at radius 3 is 3.00 bits per heavy atom. The van der Waals surface area contributed by atoms with E-state index in [-0.39, 0.29) is 0 Å². The van der Waals surface area contributed by atoms with Gasteiger partial charge in [-0.2, -0.15) is 0 Å². The minimum Gasteiger partial charge on any atom is -0.330 e. The first-order valence-corrected chi connectivity index (χ1v) is 6.34. The number of halogens is 1. The summed E-state index contributed by atoms with van der Waals surface area (Å²) in [5.41, 5.74) is 1.16. The van der Waals surface area contributed by atoms with Crippen LogP contribution in [0.4, 0.5) is 0 Å². The zero-order valence-electron chi connectivity index (χ0n) is 9.49. The molecule has 1 aliphatic rings. The number of aromatic nitrogens is 2. The molecule has 15 heavy (non-hydrogen) atoms. The molecule has 0 aromatic carbocycles. The highest BCUT2D eigenvalue weighted by molar-refractivity contribution is 6.16. The second kappa shape index (κ2) is 4.56. The number of imidazole rings is 1. The number of hydrogen-bond donors (Lipinski definition) is 0. The number of hydrogen-bond acceptors (Lipinski definition) is 1. The van der Waals surface area contributed by atoms with Crippen molar-refractivity contribution < 1.29 is 0 Å². The summed E-state index contributed by atoms with van der Waals surface area (Å²) in [6.45, 7) is 4.71. The molecule has 1 aromatic heterocycles. The fourth-order valence-electron chi connectivity index (χ4n) is 2.68. The van der Waals surface area contributed by atoms with Crippen molar-refractivity contribution in [2.75, 3.05) is 0 Å². The summed E-state index contributed by atoms with van der Waals surface area (Å²) in [6.07, 6.45) is 7.79. The highest BCUT2D eigenvalue weighted by atomic mass is 35.5. The Morgan fingerprint density at radius 2 is 2.27 bits per heavy atom. The number of nitrogens with zero attached hydrogens (tertiary/aromatic N) is 2. The maximum absolute atomic E-state index is 5.92. The van der Waals surface area contributed by atoms with E-state index in [1.807, 2.05) is 12.5 Å². The molecule has 2 rings (SSSR count).